The molecule has 1 aromatic rings. The van der Waals surface area contributed by atoms with Gasteiger partial charge in [-0.05, 0) is 83.9 Å². The lowest BCUT2D eigenvalue weighted by atomic mass is 9.92. The van der Waals surface area contributed by atoms with Gasteiger partial charge in [0.15, 0.2) is 5.60 Å². The molecule has 6 nitrogen and oxygen atoms in total. The number of benzene rings is 1. The standard InChI is InChI=1S/C27H40N2O4/c1-18(2)29(21-9-7-6-8-10-21)25(30)22-16-23-24(15-19(22)3)33-27(4,5)26(31)28(23)17-20-11-13-32-14-12-20/h15-16,18,20-21H,6-14,17H2,1-5H3. The van der Waals surface area contributed by atoms with Crippen molar-refractivity contribution in [1.82, 2.24) is 4.90 Å². The highest BCUT2D eigenvalue weighted by Crippen LogP contribution is 2.41. The maximum absolute atomic E-state index is 13.9. The molecule has 0 atom stereocenters. The molecule has 3 aliphatic rings. The van der Waals surface area contributed by atoms with E-state index in [4.69, 9.17) is 9.47 Å². The molecular formula is C27H40N2O4. The van der Waals surface area contributed by atoms with Crippen LogP contribution in [-0.4, -0.2) is 54.2 Å². The molecule has 0 unspecified atom stereocenters. The molecule has 2 amide bonds. The Balaban J connectivity index is 1.70. The van der Waals surface area contributed by atoms with Crippen molar-refractivity contribution in [3.63, 3.8) is 0 Å². The zero-order chi connectivity index (χ0) is 23.8. The third-order valence-electron chi connectivity index (χ3n) is 7.49. The molecule has 1 aromatic carbocycles. The van der Waals surface area contributed by atoms with Gasteiger partial charge in [-0.15, -0.1) is 0 Å². The number of anilines is 1. The van der Waals surface area contributed by atoms with Crippen LogP contribution in [0.2, 0.25) is 0 Å². The fraction of sp³-hybridized carbons (Fsp3) is 0.704. The number of fused-ring (bicyclic) bond motifs is 1. The Morgan fingerprint density at radius 3 is 2.42 bits per heavy atom. The second-order valence-electron chi connectivity index (χ2n) is 10.8. The summed E-state index contributed by atoms with van der Waals surface area (Å²) in [5.74, 6) is 1.10. The third-order valence-corrected chi connectivity index (χ3v) is 7.49. The summed E-state index contributed by atoms with van der Waals surface area (Å²) in [5.41, 5.74) is 1.38. The van der Waals surface area contributed by atoms with Crippen LogP contribution >= 0.6 is 0 Å². The van der Waals surface area contributed by atoms with Crippen molar-refractivity contribution in [2.75, 3.05) is 24.7 Å². The second kappa shape index (κ2) is 9.65. The molecule has 0 N–H and O–H groups in total. The molecule has 0 radical (unpaired) electrons. The Bertz CT molecular complexity index is 882. The summed E-state index contributed by atoms with van der Waals surface area (Å²) < 4.78 is 11.7. The first-order chi connectivity index (χ1) is 15.7. The number of hydrogen-bond donors (Lipinski definition) is 0. The van der Waals surface area contributed by atoms with Crippen molar-refractivity contribution in [3.05, 3.63) is 23.3 Å². The van der Waals surface area contributed by atoms with Gasteiger partial charge in [-0.1, -0.05) is 19.3 Å². The minimum absolute atomic E-state index is 0.0447. The van der Waals surface area contributed by atoms with E-state index in [1.165, 1.54) is 19.3 Å². The lowest BCUT2D eigenvalue weighted by Gasteiger charge is -2.41. The van der Waals surface area contributed by atoms with Gasteiger partial charge in [0.1, 0.15) is 5.75 Å². The van der Waals surface area contributed by atoms with E-state index in [0.717, 1.165) is 50.1 Å². The normalized spacial score (nSPS) is 21.6. The Labute approximate surface area is 198 Å². The molecule has 182 valence electrons. The molecule has 33 heavy (non-hydrogen) atoms. The van der Waals surface area contributed by atoms with Crippen molar-refractivity contribution < 1.29 is 19.1 Å². The Hall–Kier alpha value is -2.08. The van der Waals surface area contributed by atoms with Crippen molar-refractivity contribution in [2.45, 2.75) is 97.2 Å². The first kappa shape index (κ1) is 24.1. The molecular weight excluding hydrogens is 416 g/mol. The zero-order valence-corrected chi connectivity index (χ0v) is 21.0. The SMILES string of the molecule is Cc1cc2c(cc1C(=O)N(C(C)C)C1CCCCC1)N(CC1CCOCC1)C(=O)C(C)(C)O2. The maximum atomic E-state index is 13.9. The summed E-state index contributed by atoms with van der Waals surface area (Å²) in [6.07, 6.45) is 7.65. The highest BCUT2D eigenvalue weighted by atomic mass is 16.5. The summed E-state index contributed by atoms with van der Waals surface area (Å²) in [5, 5.41) is 0. The van der Waals surface area contributed by atoms with E-state index in [9.17, 15) is 9.59 Å². The minimum Gasteiger partial charge on any atom is -0.476 e. The van der Waals surface area contributed by atoms with Crippen molar-refractivity contribution in [3.8, 4) is 5.75 Å². The first-order valence-corrected chi connectivity index (χ1v) is 12.7. The Morgan fingerprint density at radius 2 is 1.79 bits per heavy atom. The van der Waals surface area contributed by atoms with Crippen molar-refractivity contribution in [2.24, 2.45) is 5.92 Å². The zero-order valence-electron chi connectivity index (χ0n) is 21.0. The summed E-state index contributed by atoms with van der Waals surface area (Å²) >= 11 is 0. The molecule has 1 saturated carbocycles. The van der Waals surface area contributed by atoms with Gasteiger partial charge in [0.25, 0.3) is 11.8 Å². The molecule has 6 heteroatoms. The average molecular weight is 457 g/mol. The number of aryl methyl sites for hydroxylation is 1. The van der Waals surface area contributed by atoms with E-state index in [0.29, 0.717) is 23.8 Å². The van der Waals surface area contributed by atoms with Crippen LogP contribution in [0.15, 0.2) is 12.1 Å². The molecule has 1 aliphatic carbocycles. The monoisotopic (exact) mass is 456 g/mol. The van der Waals surface area contributed by atoms with Gasteiger partial charge < -0.3 is 19.3 Å². The van der Waals surface area contributed by atoms with E-state index < -0.39 is 5.60 Å². The number of amides is 2. The summed E-state index contributed by atoms with van der Waals surface area (Å²) in [7, 11) is 0. The molecule has 2 heterocycles. The van der Waals surface area contributed by atoms with Gasteiger partial charge in [-0.2, -0.15) is 0 Å². The van der Waals surface area contributed by atoms with E-state index in [1.807, 2.05) is 37.8 Å². The van der Waals surface area contributed by atoms with Gasteiger partial charge in [0.05, 0.1) is 5.69 Å². The topological polar surface area (TPSA) is 59.1 Å². The summed E-state index contributed by atoms with van der Waals surface area (Å²) in [4.78, 5) is 31.2. The number of ether oxygens (including phenoxy) is 2. The van der Waals surface area contributed by atoms with Gasteiger partial charge in [-0.25, -0.2) is 0 Å². The lowest BCUT2D eigenvalue weighted by Crippen LogP contribution is -2.54. The van der Waals surface area contributed by atoms with Crippen LogP contribution < -0.4 is 9.64 Å². The molecule has 0 aromatic heterocycles. The van der Waals surface area contributed by atoms with Crippen LogP contribution in [0.5, 0.6) is 5.75 Å². The van der Waals surface area contributed by atoms with Gasteiger partial charge in [0, 0.05) is 37.4 Å². The highest BCUT2D eigenvalue weighted by Gasteiger charge is 2.42. The van der Waals surface area contributed by atoms with E-state index >= 15 is 0 Å². The van der Waals surface area contributed by atoms with Crippen LogP contribution in [0, 0.1) is 12.8 Å². The van der Waals surface area contributed by atoms with E-state index in [-0.39, 0.29) is 23.9 Å². The van der Waals surface area contributed by atoms with Crippen LogP contribution in [-0.2, 0) is 9.53 Å². The molecule has 2 fully saturated rings. The summed E-state index contributed by atoms with van der Waals surface area (Å²) in [6.45, 7) is 11.9. The van der Waals surface area contributed by atoms with E-state index in [1.54, 1.807) is 0 Å². The third kappa shape index (κ3) is 4.91. The Morgan fingerprint density at radius 1 is 1.12 bits per heavy atom. The largest absolute Gasteiger partial charge is 0.476 e. The van der Waals surface area contributed by atoms with Crippen LogP contribution in [0.4, 0.5) is 5.69 Å². The predicted octanol–water partition coefficient (Wildman–Crippen LogP) is 5.11. The second-order valence-corrected chi connectivity index (χ2v) is 10.8. The van der Waals surface area contributed by atoms with Crippen LogP contribution in [0.3, 0.4) is 0 Å². The van der Waals surface area contributed by atoms with Crippen LogP contribution in [0.25, 0.3) is 0 Å². The quantitative estimate of drug-likeness (QED) is 0.618. The minimum atomic E-state index is -0.928. The van der Waals surface area contributed by atoms with Gasteiger partial charge in [-0.3, -0.25) is 9.59 Å². The number of hydrogen-bond acceptors (Lipinski definition) is 4. The van der Waals surface area contributed by atoms with Crippen molar-refractivity contribution >= 4 is 17.5 Å². The number of carbonyl (C=O) groups excluding carboxylic acids is 2. The smallest absolute Gasteiger partial charge is 0.270 e. The fourth-order valence-corrected chi connectivity index (χ4v) is 5.63. The number of rotatable bonds is 5. The lowest BCUT2D eigenvalue weighted by molar-refractivity contribution is -0.133. The summed E-state index contributed by atoms with van der Waals surface area (Å²) in [6, 6.07) is 4.29. The van der Waals surface area contributed by atoms with E-state index in [2.05, 4.69) is 18.7 Å². The molecule has 1 saturated heterocycles. The highest BCUT2D eigenvalue weighted by molar-refractivity contribution is 6.05. The number of carbonyl (C=O) groups is 2. The molecule has 2 aliphatic heterocycles. The molecule has 4 rings (SSSR count). The fourth-order valence-electron chi connectivity index (χ4n) is 5.63. The van der Waals surface area contributed by atoms with Gasteiger partial charge >= 0.3 is 0 Å². The molecule has 0 spiro atoms. The van der Waals surface area contributed by atoms with Gasteiger partial charge in [0.2, 0.25) is 0 Å². The first-order valence-electron chi connectivity index (χ1n) is 12.7. The average Bonchev–Trinajstić information content (AvgIpc) is 2.77. The molecule has 0 bridgehead atoms. The maximum Gasteiger partial charge on any atom is 0.270 e. The van der Waals surface area contributed by atoms with Crippen molar-refractivity contribution in [1.29, 1.82) is 0 Å². The van der Waals surface area contributed by atoms with Crippen LogP contribution in [0.1, 0.15) is 88.6 Å². The predicted molar refractivity (Wildman–Crippen MR) is 130 cm³/mol. The number of nitrogens with zero attached hydrogens (tertiary/aromatic N) is 2. The Kier molecular flexibility index (Phi) is 7.04.